The highest BCUT2D eigenvalue weighted by Crippen LogP contribution is 2.38. The maximum Gasteiger partial charge on any atom is 0.417 e. The third-order valence-corrected chi connectivity index (χ3v) is 9.94. The largest absolute Gasteiger partial charge is 0.417 e. The molecule has 3 aromatic carbocycles. The number of rotatable bonds is 10. The summed E-state index contributed by atoms with van der Waals surface area (Å²) >= 11 is 11.8. The first-order valence-corrected chi connectivity index (χ1v) is 16.2. The van der Waals surface area contributed by atoms with Crippen molar-refractivity contribution >= 4 is 50.7 Å². The van der Waals surface area contributed by atoms with Gasteiger partial charge >= 0.3 is 6.18 Å². The van der Waals surface area contributed by atoms with Gasteiger partial charge in [-0.2, -0.15) is 13.2 Å². The van der Waals surface area contributed by atoms with E-state index in [-0.39, 0.29) is 17.5 Å². The van der Waals surface area contributed by atoms with Gasteiger partial charge in [-0.1, -0.05) is 65.9 Å². The van der Waals surface area contributed by atoms with Gasteiger partial charge in [-0.15, -0.1) is 0 Å². The van der Waals surface area contributed by atoms with E-state index in [0.717, 1.165) is 43.4 Å². The van der Waals surface area contributed by atoms with Crippen molar-refractivity contribution in [1.29, 1.82) is 0 Å². The van der Waals surface area contributed by atoms with Crippen LogP contribution in [0.2, 0.25) is 10.0 Å². The molecule has 0 aliphatic heterocycles. The molecular formula is C31H32Cl2F3N3O4S. The number of hydrogen-bond donors (Lipinski definition) is 1. The number of carbonyl (C=O) groups is 2. The van der Waals surface area contributed by atoms with E-state index in [1.165, 1.54) is 36.1 Å². The van der Waals surface area contributed by atoms with E-state index in [0.29, 0.717) is 21.0 Å². The fourth-order valence-corrected chi connectivity index (χ4v) is 6.77. The molecule has 0 aromatic heterocycles. The second-order valence-electron chi connectivity index (χ2n) is 10.8. The molecule has 0 heterocycles. The number of benzene rings is 3. The molecule has 4 rings (SSSR count). The van der Waals surface area contributed by atoms with Crippen molar-refractivity contribution in [3.8, 4) is 0 Å². The number of alkyl halides is 3. The SMILES string of the molecule is Cc1ccc(S(=O)(=O)N(CC(=O)N(Cc2ccc(Cl)cc2)[C@@H](C)C(=O)NC2CCCC2)c2ccc(Cl)c(C(F)(F)F)c2)cc1. The quantitative estimate of drug-likeness (QED) is 0.252. The number of nitrogens with one attached hydrogen (secondary N) is 1. The molecule has 1 aliphatic rings. The van der Waals surface area contributed by atoms with Gasteiger partial charge in [0.05, 0.1) is 21.2 Å². The van der Waals surface area contributed by atoms with Crippen LogP contribution >= 0.6 is 23.2 Å². The zero-order chi connectivity index (χ0) is 32.2. The standard InChI is InChI=1S/C31H32Cl2F3N3O4S/c1-20-7-14-26(15-8-20)44(42,43)39(25-13-16-28(33)27(17-25)31(34,35)36)19-29(40)38(18-22-9-11-23(32)12-10-22)21(2)30(41)37-24-5-3-4-6-24/h7-17,21,24H,3-6,18-19H2,1-2H3,(H,37,41)/t21-/m0/s1. The van der Waals surface area contributed by atoms with Crippen LogP contribution in [0.5, 0.6) is 0 Å². The predicted octanol–water partition coefficient (Wildman–Crippen LogP) is 6.99. The van der Waals surface area contributed by atoms with Crippen molar-refractivity contribution in [2.24, 2.45) is 0 Å². The van der Waals surface area contributed by atoms with Crippen LogP contribution in [0.4, 0.5) is 18.9 Å². The lowest BCUT2D eigenvalue weighted by atomic mass is 10.1. The Labute approximate surface area is 265 Å². The zero-order valence-electron chi connectivity index (χ0n) is 24.1. The summed E-state index contributed by atoms with van der Waals surface area (Å²) in [7, 11) is -4.56. The molecule has 44 heavy (non-hydrogen) atoms. The molecule has 1 atom stereocenters. The van der Waals surface area contributed by atoms with Crippen LogP contribution in [0, 0.1) is 6.92 Å². The van der Waals surface area contributed by atoms with Crippen molar-refractivity contribution in [1.82, 2.24) is 10.2 Å². The van der Waals surface area contributed by atoms with Crippen LogP contribution in [0.3, 0.4) is 0 Å². The van der Waals surface area contributed by atoms with Crippen molar-refractivity contribution in [2.75, 3.05) is 10.8 Å². The number of carbonyl (C=O) groups excluding carboxylic acids is 2. The summed E-state index contributed by atoms with van der Waals surface area (Å²) in [6.07, 6.45) is -1.32. The fourth-order valence-electron chi connectivity index (χ4n) is 5.01. The summed E-state index contributed by atoms with van der Waals surface area (Å²) in [5.41, 5.74) is -0.295. The first-order chi connectivity index (χ1) is 20.7. The Morgan fingerprint density at radius 3 is 2.18 bits per heavy atom. The minimum Gasteiger partial charge on any atom is -0.352 e. The van der Waals surface area contributed by atoms with Crippen molar-refractivity contribution < 1.29 is 31.2 Å². The molecule has 1 fully saturated rings. The molecule has 13 heteroatoms. The zero-order valence-corrected chi connectivity index (χ0v) is 26.4. The highest BCUT2D eigenvalue weighted by Gasteiger charge is 2.37. The van der Waals surface area contributed by atoms with Gasteiger partial charge in [0.15, 0.2) is 0 Å². The van der Waals surface area contributed by atoms with Crippen LogP contribution in [-0.4, -0.2) is 43.8 Å². The average molecular weight is 671 g/mol. The number of aryl methyl sites for hydroxylation is 1. The monoisotopic (exact) mass is 669 g/mol. The molecule has 2 amide bonds. The molecule has 3 aromatic rings. The first kappa shape index (κ1) is 33.6. The normalized spacial score (nSPS) is 14.7. The highest BCUT2D eigenvalue weighted by molar-refractivity contribution is 7.92. The molecule has 1 N–H and O–H groups in total. The van der Waals surface area contributed by atoms with E-state index < -0.39 is 56.9 Å². The van der Waals surface area contributed by atoms with Gasteiger partial charge in [0.25, 0.3) is 10.0 Å². The first-order valence-electron chi connectivity index (χ1n) is 14.0. The van der Waals surface area contributed by atoms with E-state index in [9.17, 15) is 31.2 Å². The van der Waals surface area contributed by atoms with E-state index in [1.807, 2.05) is 0 Å². The van der Waals surface area contributed by atoms with Gasteiger partial charge in [0, 0.05) is 17.6 Å². The minimum atomic E-state index is -4.89. The molecule has 1 saturated carbocycles. The average Bonchev–Trinajstić information content (AvgIpc) is 3.48. The molecule has 0 radical (unpaired) electrons. The topological polar surface area (TPSA) is 86.8 Å². The Hall–Kier alpha value is -3.28. The van der Waals surface area contributed by atoms with Gasteiger partial charge in [-0.05, 0) is 74.7 Å². The molecule has 0 bridgehead atoms. The molecule has 0 saturated heterocycles. The lowest BCUT2D eigenvalue weighted by molar-refractivity contribution is -0.139. The third kappa shape index (κ3) is 8.05. The Bertz CT molecular complexity index is 1590. The summed E-state index contributed by atoms with van der Waals surface area (Å²) in [4.78, 5) is 28.3. The smallest absolute Gasteiger partial charge is 0.352 e. The number of halogens is 5. The Kier molecular flexibility index (Phi) is 10.5. The molecule has 236 valence electrons. The lowest BCUT2D eigenvalue weighted by Crippen LogP contribution is -2.52. The summed E-state index contributed by atoms with van der Waals surface area (Å²) < 4.78 is 69.9. The lowest BCUT2D eigenvalue weighted by Gasteiger charge is -2.32. The van der Waals surface area contributed by atoms with Gasteiger partial charge in [0.1, 0.15) is 12.6 Å². The van der Waals surface area contributed by atoms with E-state index in [4.69, 9.17) is 23.2 Å². The Balaban J connectivity index is 1.75. The van der Waals surface area contributed by atoms with E-state index in [1.54, 1.807) is 31.2 Å². The van der Waals surface area contributed by atoms with E-state index in [2.05, 4.69) is 5.32 Å². The second kappa shape index (κ2) is 13.8. The summed E-state index contributed by atoms with van der Waals surface area (Å²) in [6, 6.07) is 13.8. The number of nitrogens with zero attached hydrogens (tertiary/aromatic N) is 2. The minimum absolute atomic E-state index is 0.0364. The Morgan fingerprint density at radius 2 is 1.59 bits per heavy atom. The van der Waals surface area contributed by atoms with Crippen molar-refractivity contribution in [3.63, 3.8) is 0 Å². The summed E-state index contributed by atoms with van der Waals surface area (Å²) in [5.74, 6) is -1.22. The van der Waals surface area contributed by atoms with Crippen LogP contribution in [0.1, 0.15) is 49.3 Å². The summed E-state index contributed by atoms with van der Waals surface area (Å²) in [6.45, 7) is 2.31. The highest BCUT2D eigenvalue weighted by atomic mass is 35.5. The molecule has 7 nitrogen and oxygen atoms in total. The van der Waals surface area contributed by atoms with Crippen molar-refractivity contribution in [2.45, 2.75) is 69.2 Å². The van der Waals surface area contributed by atoms with Crippen LogP contribution in [0.25, 0.3) is 0 Å². The molecule has 0 unspecified atom stereocenters. The van der Waals surface area contributed by atoms with Crippen molar-refractivity contribution in [3.05, 3.63) is 93.5 Å². The second-order valence-corrected chi connectivity index (χ2v) is 13.5. The molecular weight excluding hydrogens is 638 g/mol. The van der Waals surface area contributed by atoms with Gasteiger partial charge in [-0.3, -0.25) is 13.9 Å². The van der Waals surface area contributed by atoms with Gasteiger partial charge < -0.3 is 10.2 Å². The third-order valence-electron chi connectivity index (χ3n) is 7.57. The number of hydrogen-bond acceptors (Lipinski definition) is 4. The molecule has 0 spiro atoms. The van der Waals surface area contributed by atoms with Crippen LogP contribution < -0.4 is 9.62 Å². The number of amides is 2. The number of anilines is 1. The maximum atomic E-state index is 14.0. The van der Waals surface area contributed by atoms with E-state index >= 15 is 0 Å². The Morgan fingerprint density at radius 1 is 0.977 bits per heavy atom. The predicted molar refractivity (Wildman–Crippen MR) is 164 cm³/mol. The van der Waals surface area contributed by atoms with Crippen LogP contribution in [-0.2, 0) is 32.3 Å². The fraction of sp³-hybridized carbons (Fsp3) is 0.355. The maximum absolute atomic E-state index is 14.0. The van der Waals surface area contributed by atoms with Gasteiger partial charge in [-0.25, -0.2) is 8.42 Å². The summed E-state index contributed by atoms with van der Waals surface area (Å²) in [5, 5.41) is 2.79. The number of sulfonamides is 1. The van der Waals surface area contributed by atoms with Gasteiger partial charge in [0.2, 0.25) is 11.8 Å². The van der Waals surface area contributed by atoms with Crippen LogP contribution in [0.15, 0.2) is 71.6 Å². The molecule has 1 aliphatic carbocycles.